The highest BCUT2D eigenvalue weighted by molar-refractivity contribution is 4.89. The first kappa shape index (κ1) is 4.78. The predicted octanol–water partition coefficient (Wildman–Crippen LogP) is 2.14. The van der Waals surface area contributed by atoms with Gasteiger partial charge in [0.15, 0.2) is 0 Å². The van der Waals surface area contributed by atoms with Gasteiger partial charge in [0.2, 0.25) is 0 Å². The van der Waals surface area contributed by atoms with Crippen molar-refractivity contribution in [1.29, 1.82) is 0 Å². The van der Waals surface area contributed by atoms with Gasteiger partial charge in [-0.1, -0.05) is 0 Å². The third-order valence-corrected chi connectivity index (χ3v) is 2.65. The van der Waals surface area contributed by atoms with E-state index in [0.29, 0.717) is 5.92 Å². The lowest BCUT2D eigenvalue weighted by molar-refractivity contribution is 0.231. The fourth-order valence-electron chi connectivity index (χ4n) is 2.17. The molecule has 46 valence electrons. The van der Waals surface area contributed by atoms with Crippen molar-refractivity contribution in [2.24, 2.45) is 11.8 Å². The molecule has 0 unspecified atom stereocenters. The minimum Gasteiger partial charge on any atom is -0.247 e. The first-order chi connectivity index (χ1) is 3.86. The predicted molar refractivity (Wildman–Crippen MR) is 30.3 cm³/mol. The molecule has 0 amide bonds. The zero-order valence-corrected chi connectivity index (χ0v) is 4.94. The summed E-state index contributed by atoms with van der Waals surface area (Å²) in [6.07, 6.45) is 4.14. The molecule has 0 aromatic carbocycles. The van der Waals surface area contributed by atoms with E-state index in [-0.39, 0.29) is 0 Å². The zero-order chi connectivity index (χ0) is 5.56. The van der Waals surface area contributed by atoms with Crippen molar-refractivity contribution in [3.05, 3.63) is 0 Å². The molecule has 0 nitrogen and oxygen atoms in total. The summed E-state index contributed by atoms with van der Waals surface area (Å²) in [5.74, 6) is 1.25. The van der Waals surface area contributed by atoms with Gasteiger partial charge in [0.1, 0.15) is 6.17 Å². The van der Waals surface area contributed by atoms with Crippen LogP contribution in [0.15, 0.2) is 0 Å². The lowest BCUT2D eigenvalue weighted by Crippen LogP contribution is -2.09. The Hall–Kier alpha value is -0.0700. The largest absolute Gasteiger partial charge is 0.247 e. The van der Waals surface area contributed by atoms with Crippen LogP contribution >= 0.6 is 0 Å². The van der Waals surface area contributed by atoms with Crippen molar-refractivity contribution in [1.82, 2.24) is 0 Å². The standard InChI is InChI=1S/C7H11F/c8-7-4-5-1-2-6(7)3-5/h5-7H,1-4H2/t5-,6-,7-/m0/s1. The van der Waals surface area contributed by atoms with E-state index in [9.17, 15) is 4.39 Å². The Morgan fingerprint density at radius 1 is 1.12 bits per heavy atom. The van der Waals surface area contributed by atoms with E-state index in [4.69, 9.17) is 0 Å². The molecule has 2 bridgehead atoms. The van der Waals surface area contributed by atoms with Gasteiger partial charge in [0, 0.05) is 0 Å². The first-order valence-electron chi connectivity index (χ1n) is 3.50. The van der Waals surface area contributed by atoms with E-state index in [0.717, 1.165) is 12.3 Å². The Bertz CT molecular complexity index is 98.6. The number of alkyl halides is 1. The summed E-state index contributed by atoms with van der Waals surface area (Å²) in [4.78, 5) is 0. The summed E-state index contributed by atoms with van der Waals surface area (Å²) in [5.41, 5.74) is 0. The second kappa shape index (κ2) is 1.46. The molecular weight excluding hydrogens is 103 g/mol. The Balaban J connectivity index is 2.11. The summed E-state index contributed by atoms with van der Waals surface area (Å²) in [6.45, 7) is 0. The first-order valence-corrected chi connectivity index (χ1v) is 3.50. The van der Waals surface area contributed by atoms with Crippen molar-refractivity contribution < 1.29 is 4.39 Å². The summed E-state index contributed by atoms with van der Waals surface area (Å²) in [6, 6.07) is 0. The zero-order valence-electron chi connectivity index (χ0n) is 4.94. The van der Waals surface area contributed by atoms with E-state index >= 15 is 0 Å². The van der Waals surface area contributed by atoms with Gasteiger partial charge >= 0.3 is 0 Å². The Morgan fingerprint density at radius 2 is 2.00 bits per heavy atom. The SMILES string of the molecule is F[C@H]1C[C@H]2CC[C@H]1C2. The molecule has 2 rings (SSSR count). The molecule has 2 saturated carbocycles. The number of hydrogen-bond donors (Lipinski definition) is 0. The van der Waals surface area contributed by atoms with Crippen LogP contribution in [0, 0.1) is 11.8 Å². The second-order valence-corrected chi connectivity index (χ2v) is 3.19. The van der Waals surface area contributed by atoms with Crippen molar-refractivity contribution in [2.45, 2.75) is 31.9 Å². The van der Waals surface area contributed by atoms with Gasteiger partial charge in [-0.05, 0) is 37.5 Å². The van der Waals surface area contributed by atoms with Crippen LogP contribution in [0.1, 0.15) is 25.7 Å². The second-order valence-electron chi connectivity index (χ2n) is 3.19. The monoisotopic (exact) mass is 114 g/mol. The molecule has 0 saturated heterocycles. The van der Waals surface area contributed by atoms with Crippen LogP contribution in [0.5, 0.6) is 0 Å². The maximum atomic E-state index is 12.6. The van der Waals surface area contributed by atoms with E-state index < -0.39 is 6.17 Å². The van der Waals surface area contributed by atoms with Crippen molar-refractivity contribution in [3.8, 4) is 0 Å². The van der Waals surface area contributed by atoms with E-state index in [2.05, 4.69) is 0 Å². The molecule has 2 aliphatic carbocycles. The number of hydrogen-bond acceptors (Lipinski definition) is 0. The van der Waals surface area contributed by atoms with Gasteiger partial charge in [-0.15, -0.1) is 0 Å². The Morgan fingerprint density at radius 3 is 2.25 bits per heavy atom. The molecule has 0 aromatic heterocycles. The van der Waals surface area contributed by atoms with E-state index in [1.54, 1.807) is 0 Å². The molecule has 0 aromatic rings. The minimum absolute atomic E-state index is 0.422. The van der Waals surface area contributed by atoms with E-state index in [1.807, 2.05) is 0 Å². The van der Waals surface area contributed by atoms with Crippen LogP contribution < -0.4 is 0 Å². The van der Waals surface area contributed by atoms with Crippen molar-refractivity contribution >= 4 is 0 Å². The third kappa shape index (κ3) is 0.503. The average molecular weight is 114 g/mol. The fourth-order valence-corrected chi connectivity index (χ4v) is 2.17. The Kier molecular flexibility index (Phi) is 0.870. The molecule has 8 heavy (non-hydrogen) atoms. The van der Waals surface area contributed by atoms with Crippen molar-refractivity contribution in [2.75, 3.05) is 0 Å². The summed E-state index contributed by atoms with van der Waals surface area (Å²) >= 11 is 0. The quantitative estimate of drug-likeness (QED) is 0.452. The molecule has 0 aliphatic heterocycles. The van der Waals surface area contributed by atoms with Gasteiger partial charge in [-0.2, -0.15) is 0 Å². The summed E-state index contributed by atoms with van der Waals surface area (Å²) in [5, 5.41) is 0. The van der Waals surface area contributed by atoms with Crippen LogP contribution in [0.25, 0.3) is 0 Å². The molecule has 0 spiro atoms. The van der Waals surface area contributed by atoms with Gasteiger partial charge in [-0.3, -0.25) is 0 Å². The van der Waals surface area contributed by atoms with Crippen LogP contribution in [0.3, 0.4) is 0 Å². The normalized spacial score (nSPS) is 52.9. The molecule has 0 radical (unpaired) electrons. The summed E-state index contributed by atoms with van der Waals surface area (Å²) in [7, 11) is 0. The van der Waals surface area contributed by atoms with Gasteiger partial charge in [0.05, 0.1) is 0 Å². The highest BCUT2D eigenvalue weighted by Gasteiger charge is 2.39. The molecule has 1 heteroatoms. The third-order valence-electron chi connectivity index (χ3n) is 2.65. The maximum absolute atomic E-state index is 12.6. The topological polar surface area (TPSA) is 0 Å². The fraction of sp³-hybridized carbons (Fsp3) is 1.00. The number of halogens is 1. The number of fused-ring (bicyclic) bond motifs is 2. The molecule has 2 fully saturated rings. The highest BCUT2D eigenvalue weighted by atomic mass is 19.1. The lowest BCUT2D eigenvalue weighted by Gasteiger charge is -2.11. The molecule has 3 atom stereocenters. The lowest BCUT2D eigenvalue weighted by atomic mass is 9.99. The maximum Gasteiger partial charge on any atom is 0.103 e. The highest BCUT2D eigenvalue weighted by Crippen LogP contribution is 2.45. The molecule has 0 heterocycles. The molecular formula is C7H11F. The van der Waals surface area contributed by atoms with Crippen LogP contribution in [0.2, 0.25) is 0 Å². The van der Waals surface area contributed by atoms with Gasteiger partial charge < -0.3 is 0 Å². The van der Waals surface area contributed by atoms with Crippen LogP contribution in [0.4, 0.5) is 4.39 Å². The van der Waals surface area contributed by atoms with Gasteiger partial charge in [0.25, 0.3) is 0 Å². The molecule has 0 N–H and O–H groups in total. The van der Waals surface area contributed by atoms with Crippen molar-refractivity contribution in [3.63, 3.8) is 0 Å². The molecule has 2 aliphatic rings. The average Bonchev–Trinajstić information content (AvgIpc) is 2.23. The minimum atomic E-state index is -0.422. The van der Waals surface area contributed by atoms with E-state index in [1.165, 1.54) is 19.3 Å². The Labute approximate surface area is 49.1 Å². The van der Waals surface area contributed by atoms with Gasteiger partial charge in [-0.25, -0.2) is 4.39 Å². The van der Waals surface area contributed by atoms with Crippen LogP contribution in [-0.4, -0.2) is 6.17 Å². The van der Waals surface area contributed by atoms with Crippen LogP contribution in [-0.2, 0) is 0 Å². The summed E-state index contributed by atoms with van der Waals surface area (Å²) < 4.78 is 12.6. The smallest absolute Gasteiger partial charge is 0.103 e. The number of rotatable bonds is 0.